The van der Waals surface area contributed by atoms with Crippen molar-refractivity contribution in [1.82, 2.24) is 10.8 Å². The minimum Gasteiger partial charge on any atom is -0.479 e. The van der Waals surface area contributed by atoms with Gasteiger partial charge in [-0.05, 0) is 28.7 Å². The molecule has 9 heteroatoms. The maximum atomic E-state index is 12.7. The third-order valence-corrected chi connectivity index (χ3v) is 5.47. The molecule has 0 heterocycles. The Bertz CT molecular complexity index is 948. The zero-order valence-electron chi connectivity index (χ0n) is 17.9. The van der Waals surface area contributed by atoms with Crippen LogP contribution in [0.2, 0.25) is 0 Å². The van der Waals surface area contributed by atoms with E-state index in [0.29, 0.717) is 0 Å². The molecule has 3 rings (SSSR count). The Morgan fingerprint density at radius 1 is 1.03 bits per heavy atom. The number of fused-ring (bicyclic) bond motifs is 3. The van der Waals surface area contributed by atoms with Gasteiger partial charge < -0.3 is 19.9 Å². The number of amides is 2. The lowest BCUT2D eigenvalue weighted by atomic mass is 9.96. The molecule has 2 aromatic rings. The van der Waals surface area contributed by atoms with Crippen LogP contribution in [0, 0.1) is 0 Å². The fourth-order valence-corrected chi connectivity index (χ4v) is 3.85. The second kappa shape index (κ2) is 10.3. The van der Waals surface area contributed by atoms with Crippen LogP contribution >= 0.6 is 0 Å². The Morgan fingerprint density at radius 3 is 2.16 bits per heavy atom. The lowest BCUT2D eigenvalue weighted by Crippen LogP contribution is -2.61. The number of carbonyl (C=O) groups excluding carboxylic acids is 2. The van der Waals surface area contributed by atoms with E-state index in [1.54, 1.807) is 6.92 Å². The highest BCUT2D eigenvalue weighted by atomic mass is 16.7. The van der Waals surface area contributed by atoms with Crippen LogP contribution in [0.5, 0.6) is 0 Å². The first-order valence-corrected chi connectivity index (χ1v) is 10.2. The summed E-state index contributed by atoms with van der Waals surface area (Å²) in [4.78, 5) is 40.5. The fraction of sp³-hybridized carbons (Fsp3) is 0.348. The van der Waals surface area contributed by atoms with Crippen molar-refractivity contribution >= 4 is 18.0 Å². The number of hydroxylamine groups is 1. The maximum absolute atomic E-state index is 12.7. The minimum atomic E-state index is -1.49. The largest absolute Gasteiger partial charge is 0.479 e. The molecule has 2 aromatic carbocycles. The number of rotatable bonds is 10. The van der Waals surface area contributed by atoms with E-state index >= 15 is 0 Å². The molecule has 0 saturated heterocycles. The number of hydrogen-bond acceptors (Lipinski definition) is 6. The van der Waals surface area contributed by atoms with Crippen molar-refractivity contribution in [1.29, 1.82) is 0 Å². The van der Waals surface area contributed by atoms with Gasteiger partial charge in [-0.1, -0.05) is 55.5 Å². The number of carbonyl (C=O) groups is 3. The van der Waals surface area contributed by atoms with Crippen LogP contribution in [0.15, 0.2) is 48.5 Å². The van der Waals surface area contributed by atoms with E-state index in [0.717, 1.165) is 22.3 Å². The van der Waals surface area contributed by atoms with Crippen LogP contribution in [-0.4, -0.2) is 55.5 Å². The van der Waals surface area contributed by atoms with Crippen LogP contribution in [0.3, 0.4) is 0 Å². The first kappa shape index (κ1) is 23.2. The normalized spacial score (nSPS) is 14.1. The number of carboxylic acids is 1. The summed E-state index contributed by atoms with van der Waals surface area (Å²) in [7, 11) is 1.38. The molecule has 2 amide bonds. The van der Waals surface area contributed by atoms with Gasteiger partial charge in [-0.2, -0.15) is 0 Å². The maximum Gasteiger partial charge on any atom is 0.408 e. The summed E-state index contributed by atoms with van der Waals surface area (Å²) < 4.78 is 10.6. The molecule has 0 aromatic heterocycles. The molecule has 0 spiro atoms. The number of methoxy groups -OCH3 is 1. The van der Waals surface area contributed by atoms with Crippen molar-refractivity contribution in [2.75, 3.05) is 26.9 Å². The number of nitrogens with one attached hydrogen (secondary N) is 2. The molecule has 170 valence electrons. The summed E-state index contributed by atoms with van der Waals surface area (Å²) >= 11 is 0. The molecular formula is C23H26N2O7. The lowest BCUT2D eigenvalue weighted by Gasteiger charge is -2.31. The first-order valence-electron chi connectivity index (χ1n) is 10.2. The lowest BCUT2D eigenvalue weighted by molar-refractivity contribution is -0.153. The summed E-state index contributed by atoms with van der Waals surface area (Å²) in [6.07, 6.45) is -0.632. The number of ether oxygens (including phenoxy) is 2. The number of benzene rings is 2. The molecule has 3 N–H and O–H groups in total. The fourth-order valence-electron chi connectivity index (χ4n) is 3.85. The van der Waals surface area contributed by atoms with Crippen LogP contribution in [0.1, 0.15) is 30.4 Å². The van der Waals surface area contributed by atoms with E-state index in [-0.39, 0.29) is 25.6 Å². The Kier molecular flexibility index (Phi) is 7.45. The van der Waals surface area contributed by atoms with Crippen molar-refractivity contribution in [2.24, 2.45) is 0 Å². The summed E-state index contributed by atoms with van der Waals surface area (Å²) in [6.45, 7) is 0.892. The van der Waals surface area contributed by atoms with E-state index < -0.39 is 30.1 Å². The molecule has 0 fully saturated rings. The van der Waals surface area contributed by atoms with Crippen LogP contribution in [0.4, 0.5) is 4.79 Å². The van der Waals surface area contributed by atoms with Crippen LogP contribution in [0.25, 0.3) is 11.1 Å². The summed E-state index contributed by atoms with van der Waals surface area (Å²) in [6, 6.07) is 15.9. The van der Waals surface area contributed by atoms with Gasteiger partial charge in [0, 0.05) is 13.0 Å². The highest BCUT2D eigenvalue weighted by molar-refractivity contribution is 5.89. The van der Waals surface area contributed by atoms with Gasteiger partial charge in [-0.3, -0.25) is 9.63 Å². The van der Waals surface area contributed by atoms with Gasteiger partial charge in [-0.15, -0.1) is 0 Å². The predicted octanol–water partition coefficient (Wildman–Crippen LogP) is 2.45. The van der Waals surface area contributed by atoms with Gasteiger partial charge >= 0.3 is 12.1 Å². The zero-order chi connectivity index (χ0) is 23.1. The zero-order valence-corrected chi connectivity index (χ0v) is 17.9. The van der Waals surface area contributed by atoms with Crippen LogP contribution in [-0.2, 0) is 23.9 Å². The Labute approximate surface area is 185 Å². The van der Waals surface area contributed by atoms with E-state index in [2.05, 4.69) is 10.2 Å². The number of aliphatic carboxylic acids is 1. The molecule has 1 aliphatic rings. The average Bonchev–Trinajstić information content (AvgIpc) is 3.10. The van der Waals surface area contributed by atoms with Gasteiger partial charge in [0.25, 0.3) is 5.91 Å². The van der Waals surface area contributed by atoms with Gasteiger partial charge in [0.1, 0.15) is 12.1 Å². The van der Waals surface area contributed by atoms with E-state index in [1.165, 1.54) is 7.11 Å². The topological polar surface area (TPSA) is 123 Å². The molecule has 0 aliphatic heterocycles. The molecule has 0 bridgehead atoms. The van der Waals surface area contributed by atoms with Gasteiger partial charge in [0.2, 0.25) is 0 Å². The Morgan fingerprint density at radius 2 is 1.62 bits per heavy atom. The smallest absolute Gasteiger partial charge is 0.408 e. The number of alkyl carbamates (subject to hydrolysis) is 1. The monoisotopic (exact) mass is 442 g/mol. The van der Waals surface area contributed by atoms with Crippen molar-refractivity contribution < 1.29 is 33.8 Å². The van der Waals surface area contributed by atoms with Crippen molar-refractivity contribution in [2.45, 2.75) is 24.8 Å². The van der Waals surface area contributed by atoms with E-state index in [4.69, 9.17) is 14.6 Å². The van der Waals surface area contributed by atoms with Gasteiger partial charge in [-0.25, -0.2) is 15.1 Å². The van der Waals surface area contributed by atoms with Crippen molar-refractivity contribution in [3.05, 3.63) is 59.7 Å². The van der Waals surface area contributed by atoms with E-state index in [9.17, 15) is 14.4 Å². The molecule has 1 unspecified atom stereocenters. The van der Waals surface area contributed by atoms with E-state index in [1.807, 2.05) is 54.0 Å². The van der Waals surface area contributed by atoms with Crippen LogP contribution < -0.4 is 10.8 Å². The SMILES string of the molecule is CCC(COC)(NC(=O)OCC1c2ccccc2-c2ccccc21)C(=O)NOCC(=O)O. The van der Waals surface area contributed by atoms with Gasteiger partial charge in [0.05, 0.1) is 6.61 Å². The van der Waals surface area contributed by atoms with Crippen molar-refractivity contribution in [3.63, 3.8) is 0 Å². The molecule has 32 heavy (non-hydrogen) atoms. The molecule has 0 radical (unpaired) electrons. The Balaban J connectivity index is 1.69. The molecule has 1 atom stereocenters. The second-order valence-corrected chi connectivity index (χ2v) is 7.43. The Hall–Kier alpha value is -3.43. The minimum absolute atomic E-state index is 0.0871. The molecule has 0 saturated carbocycles. The first-order chi connectivity index (χ1) is 15.4. The third-order valence-electron chi connectivity index (χ3n) is 5.47. The summed E-state index contributed by atoms with van der Waals surface area (Å²) in [5.74, 6) is -2.11. The average molecular weight is 442 g/mol. The number of hydrogen-bond donors (Lipinski definition) is 3. The highest BCUT2D eigenvalue weighted by Crippen LogP contribution is 2.44. The standard InChI is InChI=1S/C23H26N2O7/c1-3-23(14-30-2,21(28)25-32-13-20(26)27)24-22(29)31-12-19-17-10-6-4-8-15(17)16-9-5-7-11-18(16)19/h4-11,19H,3,12-14H2,1-2H3,(H,24,29)(H,25,28)(H,26,27). The molecule has 9 nitrogen and oxygen atoms in total. The van der Waals surface area contributed by atoms with Gasteiger partial charge in [0.15, 0.2) is 6.61 Å². The second-order valence-electron chi connectivity index (χ2n) is 7.43. The summed E-state index contributed by atoms with van der Waals surface area (Å²) in [5.41, 5.74) is 4.91. The molecular weight excluding hydrogens is 416 g/mol. The predicted molar refractivity (Wildman–Crippen MR) is 115 cm³/mol. The number of carboxylic acid groups (broad SMARTS) is 1. The quantitative estimate of drug-likeness (QED) is 0.483. The summed E-state index contributed by atoms with van der Waals surface area (Å²) in [5, 5.41) is 11.2. The highest BCUT2D eigenvalue weighted by Gasteiger charge is 2.40. The van der Waals surface area contributed by atoms with Crippen molar-refractivity contribution in [3.8, 4) is 11.1 Å². The molecule has 1 aliphatic carbocycles. The third kappa shape index (κ3) is 4.90.